The van der Waals surface area contributed by atoms with Crippen LogP contribution in [-0.4, -0.2) is 21.3 Å². The highest BCUT2D eigenvalue weighted by atomic mass is 127. The van der Waals surface area contributed by atoms with Crippen molar-refractivity contribution in [2.24, 2.45) is 0 Å². The second kappa shape index (κ2) is 8.69. The van der Waals surface area contributed by atoms with Crippen molar-refractivity contribution in [1.82, 2.24) is 0 Å². The Morgan fingerprint density at radius 2 is 1.57 bits per heavy atom. The van der Waals surface area contributed by atoms with Gasteiger partial charge in [0.05, 0.1) is 22.3 Å². The van der Waals surface area contributed by atoms with Crippen molar-refractivity contribution in [3.8, 4) is 23.0 Å². The van der Waals surface area contributed by atoms with Crippen LogP contribution in [0.4, 0.5) is 0 Å². The molecule has 116 valence electrons. The lowest BCUT2D eigenvalue weighted by molar-refractivity contribution is 0.306. The molecule has 21 heavy (non-hydrogen) atoms. The van der Waals surface area contributed by atoms with Crippen LogP contribution in [0.25, 0.3) is 0 Å². The summed E-state index contributed by atoms with van der Waals surface area (Å²) in [6, 6.07) is 4.06. The van der Waals surface area contributed by atoms with E-state index in [2.05, 4.69) is 67.5 Å². The molecule has 0 aliphatic rings. The van der Waals surface area contributed by atoms with E-state index in [0.717, 1.165) is 40.1 Å². The van der Waals surface area contributed by atoms with Crippen molar-refractivity contribution in [3.05, 3.63) is 21.3 Å². The second-order valence-electron chi connectivity index (χ2n) is 5.98. The van der Waals surface area contributed by atoms with E-state index in [1.54, 1.807) is 0 Å². The molecule has 0 aromatic heterocycles. The maximum atomic E-state index is 5.84. The van der Waals surface area contributed by atoms with Gasteiger partial charge in [0.25, 0.3) is 0 Å². The zero-order valence-corrected chi connectivity index (χ0v) is 16.8. The van der Waals surface area contributed by atoms with Crippen molar-refractivity contribution in [3.63, 3.8) is 0 Å². The molecule has 2 nitrogen and oxygen atoms in total. The highest BCUT2D eigenvalue weighted by molar-refractivity contribution is 14.1. The topological polar surface area (TPSA) is 18.5 Å². The van der Waals surface area contributed by atoms with E-state index in [1.807, 2.05) is 12.1 Å². The molecule has 1 rings (SSSR count). The zero-order valence-electron chi connectivity index (χ0n) is 13.7. The standard InChI is InChI=1S/C17H25IO2Si/c1-6-9-19-16-13-15(18)17(20-10-7-2)12-14(16)8-11-21(3,4)5/h12-13H,6-7,9-10H2,1-5H3. The average Bonchev–Trinajstić information content (AvgIpc) is 2.41. The third kappa shape index (κ3) is 6.75. The summed E-state index contributed by atoms with van der Waals surface area (Å²) in [4.78, 5) is 0. The lowest BCUT2D eigenvalue weighted by atomic mass is 10.2. The summed E-state index contributed by atoms with van der Waals surface area (Å²) in [7, 11) is -1.41. The number of ether oxygens (including phenoxy) is 2. The second-order valence-corrected chi connectivity index (χ2v) is 11.9. The molecule has 0 heterocycles. The molecular weight excluding hydrogens is 391 g/mol. The summed E-state index contributed by atoms with van der Waals surface area (Å²) in [5.74, 6) is 5.08. The van der Waals surface area contributed by atoms with Gasteiger partial charge in [-0.3, -0.25) is 0 Å². The largest absolute Gasteiger partial charge is 0.492 e. The minimum absolute atomic E-state index is 0.715. The van der Waals surface area contributed by atoms with E-state index < -0.39 is 8.07 Å². The third-order valence-electron chi connectivity index (χ3n) is 2.53. The first-order valence-electron chi connectivity index (χ1n) is 7.49. The summed E-state index contributed by atoms with van der Waals surface area (Å²) in [6.45, 7) is 12.4. The lowest BCUT2D eigenvalue weighted by Gasteiger charge is -2.13. The molecule has 0 bridgehead atoms. The molecule has 0 spiro atoms. The Morgan fingerprint density at radius 1 is 1.00 bits per heavy atom. The van der Waals surface area contributed by atoms with E-state index in [-0.39, 0.29) is 0 Å². The number of rotatable bonds is 6. The Morgan fingerprint density at radius 3 is 2.10 bits per heavy atom. The van der Waals surface area contributed by atoms with Gasteiger partial charge in [-0.25, -0.2) is 0 Å². The van der Waals surface area contributed by atoms with Crippen LogP contribution in [0.15, 0.2) is 12.1 Å². The van der Waals surface area contributed by atoms with Crippen molar-refractivity contribution >= 4 is 30.7 Å². The maximum absolute atomic E-state index is 5.84. The van der Waals surface area contributed by atoms with Gasteiger partial charge >= 0.3 is 0 Å². The van der Waals surface area contributed by atoms with Gasteiger partial charge in [-0.2, -0.15) is 0 Å². The van der Waals surface area contributed by atoms with E-state index in [4.69, 9.17) is 9.47 Å². The number of halogens is 1. The molecule has 0 N–H and O–H groups in total. The Kier molecular flexibility index (Phi) is 7.61. The molecule has 1 aromatic rings. The third-order valence-corrected chi connectivity index (χ3v) is 4.25. The van der Waals surface area contributed by atoms with Gasteiger partial charge in [0, 0.05) is 6.07 Å². The van der Waals surface area contributed by atoms with Gasteiger partial charge in [-0.15, -0.1) is 5.54 Å². The molecule has 0 saturated carbocycles. The minimum atomic E-state index is -1.41. The maximum Gasteiger partial charge on any atom is 0.136 e. The Hall–Kier alpha value is -0.673. The van der Waals surface area contributed by atoms with Gasteiger partial charge in [-0.05, 0) is 41.5 Å². The first-order chi connectivity index (χ1) is 9.87. The number of hydrogen-bond donors (Lipinski definition) is 0. The summed E-state index contributed by atoms with van der Waals surface area (Å²) in [5.41, 5.74) is 4.35. The molecule has 0 amide bonds. The Bertz CT molecular complexity index is 524. The van der Waals surface area contributed by atoms with Crippen LogP contribution in [0.2, 0.25) is 19.6 Å². The summed E-state index contributed by atoms with van der Waals surface area (Å²) in [6.07, 6.45) is 1.99. The number of benzene rings is 1. The predicted molar refractivity (Wildman–Crippen MR) is 101 cm³/mol. The fourth-order valence-corrected chi connectivity index (χ4v) is 2.65. The highest BCUT2D eigenvalue weighted by Crippen LogP contribution is 2.30. The van der Waals surface area contributed by atoms with Gasteiger partial charge in [0.15, 0.2) is 0 Å². The zero-order chi connectivity index (χ0) is 15.9. The lowest BCUT2D eigenvalue weighted by Crippen LogP contribution is -2.16. The van der Waals surface area contributed by atoms with Crippen molar-refractivity contribution in [1.29, 1.82) is 0 Å². The van der Waals surface area contributed by atoms with Crippen LogP contribution < -0.4 is 9.47 Å². The van der Waals surface area contributed by atoms with Crippen molar-refractivity contribution in [2.75, 3.05) is 13.2 Å². The SMILES string of the molecule is CCCOc1cc(C#C[Si](C)(C)C)c(OCCC)cc1I. The van der Waals surface area contributed by atoms with Crippen LogP contribution in [0.3, 0.4) is 0 Å². The predicted octanol–water partition coefficient (Wildman–Crippen LogP) is 5.10. The van der Waals surface area contributed by atoms with Gasteiger partial charge in [0.1, 0.15) is 19.6 Å². The molecule has 0 unspecified atom stereocenters. The van der Waals surface area contributed by atoms with Gasteiger partial charge < -0.3 is 9.47 Å². The molecule has 0 saturated heterocycles. The van der Waals surface area contributed by atoms with E-state index >= 15 is 0 Å². The molecule has 0 atom stereocenters. The fraction of sp³-hybridized carbons (Fsp3) is 0.529. The van der Waals surface area contributed by atoms with Crippen LogP contribution >= 0.6 is 22.6 Å². The van der Waals surface area contributed by atoms with Crippen molar-refractivity contribution < 1.29 is 9.47 Å². The molecular formula is C17H25IO2Si. The molecule has 1 aromatic carbocycles. The van der Waals surface area contributed by atoms with Crippen LogP contribution in [0.5, 0.6) is 11.5 Å². The van der Waals surface area contributed by atoms with Crippen LogP contribution in [0.1, 0.15) is 32.3 Å². The first kappa shape index (κ1) is 18.4. The summed E-state index contributed by atoms with van der Waals surface area (Å²) in [5, 5.41) is 0. The monoisotopic (exact) mass is 416 g/mol. The normalized spacial score (nSPS) is 10.8. The summed E-state index contributed by atoms with van der Waals surface area (Å²) >= 11 is 2.29. The van der Waals surface area contributed by atoms with Crippen LogP contribution in [-0.2, 0) is 0 Å². The molecule has 0 aliphatic heterocycles. The average molecular weight is 416 g/mol. The Balaban J connectivity index is 3.16. The van der Waals surface area contributed by atoms with Gasteiger partial charge in [0.2, 0.25) is 0 Å². The smallest absolute Gasteiger partial charge is 0.136 e. The first-order valence-corrected chi connectivity index (χ1v) is 12.1. The van der Waals surface area contributed by atoms with E-state index in [9.17, 15) is 0 Å². The van der Waals surface area contributed by atoms with E-state index in [0.29, 0.717) is 6.61 Å². The van der Waals surface area contributed by atoms with Crippen LogP contribution in [0, 0.1) is 15.0 Å². The quantitative estimate of drug-likeness (QED) is 0.365. The molecule has 0 radical (unpaired) electrons. The summed E-state index contributed by atoms with van der Waals surface area (Å²) < 4.78 is 12.7. The van der Waals surface area contributed by atoms with E-state index in [1.165, 1.54) is 0 Å². The minimum Gasteiger partial charge on any atom is -0.492 e. The molecule has 0 fully saturated rings. The Labute approximate surface area is 143 Å². The van der Waals surface area contributed by atoms with Gasteiger partial charge in [-0.1, -0.05) is 39.4 Å². The van der Waals surface area contributed by atoms with Crippen molar-refractivity contribution in [2.45, 2.75) is 46.3 Å². The molecule has 0 aliphatic carbocycles. The fourth-order valence-electron chi connectivity index (χ4n) is 1.54. The number of hydrogen-bond acceptors (Lipinski definition) is 2. The molecule has 4 heteroatoms. The highest BCUT2D eigenvalue weighted by Gasteiger charge is 2.11.